The van der Waals surface area contributed by atoms with E-state index in [0.717, 1.165) is 31.5 Å². The highest BCUT2D eigenvalue weighted by Crippen LogP contribution is 2.27. The molecule has 2 fully saturated rings. The zero-order valence-electron chi connectivity index (χ0n) is 18.0. The standard InChI is InChI=1S/C24H30N4O3/c1-17-5-7-18(8-6-17)23(29)26-19-15-21(24(30)31)22(25-16-19)28-13-9-20(10-14-28)27-11-3-2-4-12-27/h5-8,15-16,20H,2-4,9-14H2,1H3,(H,26,29)(H,30,31). The van der Waals surface area contributed by atoms with Gasteiger partial charge in [0.05, 0.1) is 11.9 Å². The summed E-state index contributed by atoms with van der Waals surface area (Å²) in [5.74, 6) is -0.835. The van der Waals surface area contributed by atoms with Crippen LogP contribution in [-0.2, 0) is 0 Å². The number of carboxylic acid groups (broad SMARTS) is 1. The van der Waals surface area contributed by atoms with Crippen molar-refractivity contribution in [2.45, 2.75) is 45.1 Å². The van der Waals surface area contributed by atoms with Crippen LogP contribution >= 0.6 is 0 Å². The summed E-state index contributed by atoms with van der Waals surface area (Å²) < 4.78 is 0. The van der Waals surface area contributed by atoms with Crippen LogP contribution in [0.2, 0.25) is 0 Å². The number of aromatic nitrogens is 1. The SMILES string of the molecule is Cc1ccc(C(=O)Nc2cnc(N3CCC(N4CCCCC4)CC3)c(C(=O)O)c2)cc1. The van der Waals surface area contributed by atoms with E-state index < -0.39 is 5.97 Å². The van der Waals surface area contributed by atoms with Crippen LogP contribution in [-0.4, -0.2) is 59.1 Å². The summed E-state index contributed by atoms with van der Waals surface area (Å²) >= 11 is 0. The molecule has 0 radical (unpaired) electrons. The Labute approximate surface area is 183 Å². The van der Waals surface area contributed by atoms with Gasteiger partial charge in [-0.1, -0.05) is 24.1 Å². The van der Waals surface area contributed by atoms with Crippen molar-refractivity contribution in [3.63, 3.8) is 0 Å². The fraction of sp³-hybridized carbons (Fsp3) is 0.458. The Kier molecular flexibility index (Phi) is 6.51. The van der Waals surface area contributed by atoms with Crippen molar-refractivity contribution in [2.75, 3.05) is 36.4 Å². The van der Waals surface area contributed by atoms with Crippen molar-refractivity contribution in [1.82, 2.24) is 9.88 Å². The zero-order chi connectivity index (χ0) is 21.8. The average Bonchev–Trinajstić information content (AvgIpc) is 2.80. The first kappa shape index (κ1) is 21.3. The molecule has 1 amide bonds. The second kappa shape index (κ2) is 9.47. The number of nitrogens with zero attached hydrogens (tertiary/aromatic N) is 3. The Hall–Kier alpha value is -2.93. The normalized spacial score (nSPS) is 18.0. The lowest BCUT2D eigenvalue weighted by Gasteiger charge is -2.40. The second-order valence-corrected chi connectivity index (χ2v) is 8.54. The lowest BCUT2D eigenvalue weighted by atomic mass is 9.99. The first-order valence-electron chi connectivity index (χ1n) is 11.1. The van der Waals surface area contributed by atoms with Crippen molar-refractivity contribution in [1.29, 1.82) is 0 Å². The summed E-state index contributed by atoms with van der Waals surface area (Å²) in [6.45, 7) is 5.91. The molecule has 2 aliphatic rings. The highest BCUT2D eigenvalue weighted by Gasteiger charge is 2.28. The summed E-state index contributed by atoms with van der Waals surface area (Å²) in [7, 11) is 0. The van der Waals surface area contributed by atoms with Crippen LogP contribution in [0.25, 0.3) is 0 Å². The van der Waals surface area contributed by atoms with E-state index >= 15 is 0 Å². The van der Waals surface area contributed by atoms with Crippen LogP contribution in [0, 0.1) is 6.92 Å². The molecule has 0 spiro atoms. The zero-order valence-corrected chi connectivity index (χ0v) is 18.0. The van der Waals surface area contributed by atoms with Gasteiger partial charge in [0, 0.05) is 24.7 Å². The Morgan fingerprint density at radius 2 is 1.71 bits per heavy atom. The van der Waals surface area contributed by atoms with Gasteiger partial charge in [-0.05, 0) is 63.9 Å². The Morgan fingerprint density at radius 3 is 2.35 bits per heavy atom. The minimum atomic E-state index is -1.04. The number of carbonyl (C=O) groups is 2. The number of carboxylic acids is 1. The molecule has 0 saturated carbocycles. The number of anilines is 2. The van der Waals surface area contributed by atoms with E-state index in [1.54, 1.807) is 18.3 Å². The number of likely N-dealkylation sites (tertiary alicyclic amines) is 1. The number of hydrogen-bond donors (Lipinski definition) is 2. The van der Waals surface area contributed by atoms with E-state index in [9.17, 15) is 14.7 Å². The first-order chi connectivity index (χ1) is 15.0. The van der Waals surface area contributed by atoms with Crippen molar-refractivity contribution in [2.24, 2.45) is 0 Å². The quantitative estimate of drug-likeness (QED) is 0.762. The molecular weight excluding hydrogens is 392 g/mol. The van der Waals surface area contributed by atoms with Crippen LogP contribution < -0.4 is 10.2 Å². The molecule has 0 bridgehead atoms. The predicted octanol–water partition coefficient (Wildman–Crippen LogP) is 3.80. The number of piperidine rings is 2. The molecule has 31 heavy (non-hydrogen) atoms. The number of carbonyl (C=O) groups excluding carboxylic acids is 1. The summed E-state index contributed by atoms with van der Waals surface area (Å²) in [5.41, 5.74) is 2.10. The fourth-order valence-corrected chi connectivity index (χ4v) is 4.57. The van der Waals surface area contributed by atoms with Crippen LogP contribution in [0.4, 0.5) is 11.5 Å². The third-order valence-corrected chi connectivity index (χ3v) is 6.34. The van der Waals surface area contributed by atoms with Gasteiger partial charge in [-0.2, -0.15) is 0 Å². The van der Waals surface area contributed by atoms with Gasteiger partial charge in [-0.25, -0.2) is 9.78 Å². The van der Waals surface area contributed by atoms with Crippen LogP contribution in [0.5, 0.6) is 0 Å². The van der Waals surface area contributed by atoms with Gasteiger partial charge in [0.2, 0.25) is 0 Å². The van der Waals surface area contributed by atoms with Gasteiger partial charge < -0.3 is 20.2 Å². The summed E-state index contributed by atoms with van der Waals surface area (Å²) in [6, 6.07) is 9.32. The molecule has 2 aromatic rings. The molecule has 164 valence electrons. The van der Waals surface area contributed by atoms with E-state index in [1.165, 1.54) is 38.4 Å². The van der Waals surface area contributed by atoms with E-state index in [-0.39, 0.29) is 11.5 Å². The molecule has 2 saturated heterocycles. The predicted molar refractivity (Wildman–Crippen MR) is 121 cm³/mol. The molecule has 0 atom stereocenters. The minimum Gasteiger partial charge on any atom is -0.478 e. The third-order valence-electron chi connectivity index (χ3n) is 6.34. The topological polar surface area (TPSA) is 85.8 Å². The highest BCUT2D eigenvalue weighted by atomic mass is 16.4. The monoisotopic (exact) mass is 422 g/mol. The number of amides is 1. The third kappa shape index (κ3) is 5.05. The van der Waals surface area contributed by atoms with Gasteiger partial charge in [0.15, 0.2) is 0 Å². The number of pyridine rings is 1. The second-order valence-electron chi connectivity index (χ2n) is 8.54. The lowest BCUT2D eigenvalue weighted by Crippen LogP contribution is -2.47. The molecule has 1 aromatic heterocycles. The van der Waals surface area contributed by atoms with Gasteiger partial charge in [-0.3, -0.25) is 4.79 Å². The molecule has 2 N–H and O–H groups in total. The summed E-state index contributed by atoms with van der Waals surface area (Å²) in [4.78, 5) is 33.5. The smallest absolute Gasteiger partial charge is 0.339 e. The molecule has 0 aliphatic carbocycles. The van der Waals surface area contributed by atoms with Gasteiger partial charge in [0.25, 0.3) is 5.91 Å². The number of benzene rings is 1. The Bertz CT molecular complexity index is 930. The Balaban J connectivity index is 1.44. The molecule has 1 aromatic carbocycles. The van der Waals surface area contributed by atoms with Crippen LogP contribution in [0.1, 0.15) is 58.4 Å². The number of aryl methyl sites for hydroxylation is 1. The Morgan fingerprint density at radius 1 is 1.03 bits per heavy atom. The molecule has 7 heteroatoms. The molecule has 2 aliphatic heterocycles. The number of hydrogen-bond acceptors (Lipinski definition) is 5. The van der Waals surface area contributed by atoms with Crippen molar-refractivity contribution >= 4 is 23.4 Å². The molecule has 7 nitrogen and oxygen atoms in total. The van der Waals surface area contributed by atoms with Gasteiger partial charge in [-0.15, -0.1) is 0 Å². The molecule has 3 heterocycles. The van der Waals surface area contributed by atoms with Gasteiger partial charge in [0.1, 0.15) is 11.4 Å². The van der Waals surface area contributed by atoms with Gasteiger partial charge >= 0.3 is 5.97 Å². The average molecular weight is 423 g/mol. The summed E-state index contributed by atoms with van der Waals surface area (Å²) in [6.07, 6.45) is 7.47. The van der Waals surface area contributed by atoms with Crippen molar-refractivity contribution < 1.29 is 14.7 Å². The van der Waals surface area contributed by atoms with Crippen molar-refractivity contribution in [3.05, 3.63) is 53.2 Å². The first-order valence-corrected chi connectivity index (χ1v) is 11.1. The maximum atomic E-state index is 12.5. The van der Waals surface area contributed by atoms with E-state index in [0.29, 0.717) is 23.1 Å². The van der Waals surface area contributed by atoms with E-state index in [4.69, 9.17) is 0 Å². The number of nitrogens with one attached hydrogen (secondary N) is 1. The minimum absolute atomic E-state index is 0.123. The highest BCUT2D eigenvalue weighted by molar-refractivity contribution is 6.05. The van der Waals surface area contributed by atoms with E-state index in [2.05, 4.69) is 20.1 Å². The van der Waals surface area contributed by atoms with E-state index in [1.807, 2.05) is 19.1 Å². The molecular formula is C24H30N4O3. The number of aromatic carboxylic acids is 1. The van der Waals surface area contributed by atoms with Crippen molar-refractivity contribution in [3.8, 4) is 0 Å². The largest absolute Gasteiger partial charge is 0.478 e. The lowest BCUT2D eigenvalue weighted by molar-refractivity contribution is 0.0696. The number of rotatable bonds is 5. The maximum absolute atomic E-state index is 12.5. The van der Waals surface area contributed by atoms with Crippen LogP contribution in [0.3, 0.4) is 0 Å². The van der Waals surface area contributed by atoms with Crippen LogP contribution in [0.15, 0.2) is 36.5 Å². The molecule has 4 rings (SSSR count). The summed E-state index contributed by atoms with van der Waals surface area (Å²) in [5, 5.41) is 12.5. The maximum Gasteiger partial charge on any atom is 0.339 e. The molecule has 0 unspecified atom stereocenters. The fourth-order valence-electron chi connectivity index (χ4n) is 4.57.